The molecule has 1 aromatic carbocycles. The van der Waals surface area contributed by atoms with Crippen LogP contribution in [0.5, 0.6) is 11.5 Å². The molecular formula is C16H25NO3. The van der Waals surface area contributed by atoms with Crippen LogP contribution in [-0.2, 0) is 4.74 Å². The number of nitrogens with one attached hydrogen (secondary N) is 1. The van der Waals surface area contributed by atoms with Gasteiger partial charge in [0.1, 0.15) is 0 Å². The van der Waals surface area contributed by atoms with Gasteiger partial charge in [-0.15, -0.1) is 0 Å². The first-order valence-electron chi connectivity index (χ1n) is 6.98. The molecule has 0 unspecified atom stereocenters. The van der Waals surface area contributed by atoms with Gasteiger partial charge in [0.25, 0.3) is 0 Å². The molecule has 0 radical (unpaired) electrons. The van der Waals surface area contributed by atoms with Gasteiger partial charge in [0.05, 0.1) is 20.3 Å². The minimum atomic E-state index is 0.697. The molecule has 0 bridgehead atoms. The fourth-order valence-corrected chi connectivity index (χ4v) is 1.68. The van der Waals surface area contributed by atoms with Crippen LogP contribution in [0.2, 0.25) is 0 Å². The van der Waals surface area contributed by atoms with Gasteiger partial charge < -0.3 is 19.5 Å². The van der Waals surface area contributed by atoms with Crippen LogP contribution in [0.25, 0.3) is 6.08 Å². The Morgan fingerprint density at radius 1 is 1.15 bits per heavy atom. The van der Waals surface area contributed by atoms with Crippen molar-refractivity contribution in [2.45, 2.75) is 13.3 Å². The molecule has 0 saturated carbocycles. The van der Waals surface area contributed by atoms with Gasteiger partial charge in [-0.3, -0.25) is 0 Å². The maximum absolute atomic E-state index is 5.69. The smallest absolute Gasteiger partial charge is 0.161 e. The van der Waals surface area contributed by atoms with Gasteiger partial charge in [0, 0.05) is 20.2 Å². The number of rotatable bonds is 10. The zero-order valence-electron chi connectivity index (χ0n) is 12.6. The van der Waals surface area contributed by atoms with Crippen LogP contribution in [-0.4, -0.2) is 40.5 Å². The molecular weight excluding hydrogens is 254 g/mol. The van der Waals surface area contributed by atoms with Gasteiger partial charge in [-0.25, -0.2) is 0 Å². The van der Waals surface area contributed by atoms with Gasteiger partial charge in [0.2, 0.25) is 0 Å². The minimum Gasteiger partial charge on any atom is -0.493 e. The van der Waals surface area contributed by atoms with Crippen LogP contribution >= 0.6 is 0 Å². The second-order valence-corrected chi connectivity index (χ2v) is 4.36. The lowest BCUT2D eigenvalue weighted by Crippen LogP contribution is -2.18. The molecule has 20 heavy (non-hydrogen) atoms. The summed E-state index contributed by atoms with van der Waals surface area (Å²) in [6.45, 7) is 5.18. The van der Waals surface area contributed by atoms with Crippen molar-refractivity contribution < 1.29 is 14.2 Å². The average Bonchev–Trinajstić information content (AvgIpc) is 2.48. The molecule has 1 N–H and O–H groups in total. The van der Waals surface area contributed by atoms with Crippen LogP contribution in [0, 0.1) is 0 Å². The van der Waals surface area contributed by atoms with E-state index in [-0.39, 0.29) is 0 Å². The summed E-state index contributed by atoms with van der Waals surface area (Å²) in [5.41, 5.74) is 1.10. The molecule has 4 heteroatoms. The molecule has 0 aromatic heterocycles. The molecule has 0 atom stereocenters. The molecule has 0 aliphatic heterocycles. The standard InChI is InChI=1S/C16H25NO3/c1-4-11-20-16-13-14(7-8-15(16)19-3)6-5-9-17-10-12-18-2/h5-8,13,17H,4,9-12H2,1-3H3. The van der Waals surface area contributed by atoms with E-state index < -0.39 is 0 Å². The summed E-state index contributed by atoms with van der Waals surface area (Å²) in [5, 5.41) is 3.26. The Morgan fingerprint density at radius 2 is 2.00 bits per heavy atom. The molecule has 112 valence electrons. The Morgan fingerprint density at radius 3 is 2.70 bits per heavy atom. The molecule has 1 rings (SSSR count). The summed E-state index contributed by atoms with van der Waals surface area (Å²) in [6.07, 6.45) is 5.13. The van der Waals surface area contributed by atoms with Gasteiger partial charge >= 0.3 is 0 Å². The molecule has 4 nitrogen and oxygen atoms in total. The van der Waals surface area contributed by atoms with Gasteiger partial charge in [0.15, 0.2) is 11.5 Å². The first-order chi connectivity index (χ1) is 9.81. The minimum absolute atomic E-state index is 0.697. The normalized spacial score (nSPS) is 10.9. The van der Waals surface area contributed by atoms with Crippen molar-refractivity contribution >= 4 is 6.08 Å². The summed E-state index contributed by atoms with van der Waals surface area (Å²) in [7, 11) is 3.36. The second-order valence-electron chi connectivity index (χ2n) is 4.36. The highest BCUT2D eigenvalue weighted by Gasteiger charge is 2.03. The quantitative estimate of drug-likeness (QED) is 0.669. The van der Waals surface area contributed by atoms with Crippen molar-refractivity contribution in [3.05, 3.63) is 29.8 Å². The maximum Gasteiger partial charge on any atom is 0.161 e. The van der Waals surface area contributed by atoms with Crippen molar-refractivity contribution in [2.75, 3.05) is 40.5 Å². The highest BCUT2D eigenvalue weighted by Crippen LogP contribution is 2.28. The maximum atomic E-state index is 5.69. The van der Waals surface area contributed by atoms with E-state index in [9.17, 15) is 0 Å². The van der Waals surface area contributed by atoms with Crippen molar-refractivity contribution in [1.29, 1.82) is 0 Å². The van der Waals surface area contributed by atoms with Crippen LogP contribution in [0.3, 0.4) is 0 Å². The molecule has 0 aliphatic rings. The Labute approximate surface area is 121 Å². The molecule has 0 amide bonds. The Balaban J connectivity index is 2.54. The van der Waals surface area contributed by atoms with E-state index >= 15 is 0 Å². The SMILES string of the molecule is CCCOc1cc(C=CCNCCOC)ccc1OC. The van der Waals surface area contributed by atoms with Crippen LogP contribution in [0.4, 0.5) is 0 Å². The van der Waals surface area contributed by atoms with Crippen molar-refractivity contribution in [3.8, 4) is 11.5 Å². The molecule has 0 aliphatic carbocycles. The van der Waals surface area contributed by atoms with E-state index in [1.165, 1.54) is 0 Å². The van der Waals surface area contributed by atoms with E-state index in [1.54, 1.807) is 14.2 Å². The zero-order chi connectivity index (χ0) is 14.6. The van der Waals surface area contributed by atoms with Gasteiger partial charge in [-0.2, -0.15) is 0 Å². The van der Waals surface area contributed by atoms with E-state index in [0.29, 0.717) is 6.61 Å². The summed E-state index contributed by atoms with van der Waals surface area (Å²) >= 11 is 0. The fraction of sp³-hybridized carbons (Fsp3) is 0.500. The van der Waals surface area contributed by atoms with Crippen molar-refractivity contribution in [2.24, 2.45) is 0 Å². The Kier molecular flexibility index (Phi) is 8.51. The molecule has 0 saturated heterocycles. The number of methoxy groups -OCH3 is 2. The summed E-state index contributed by atoms with van der Waals surface area (Å²) in [4.78, 5) is 0. The van der Waals surface area contributed by atoms with E-state index in [4.69, 9.17) is 14.2 Å². The molecule has 0 fully saturated rings. The first kappa shape index (κ1) is 16.5. The highest BCUT2D eigenvalue weighted by atomic mass is 16.5. The second kappa shape index (κ2) is 10.3. The first-order valence-corrected chi connectivity index (χ1v) is 6.98. The van der Waals surface area contributed by atoms with E-state index in [2.05, 4.69) is 24.4 Å². The van der Waals surface area contributed by atoms with Crippen LogP contribution < -0.4 is 14.8 Å². The van der Waals surface area contributed by atoms with Crippen molar-refractivity contribution in [3.63, 3.8) is 0 Å². The number of hydrogen-bond acceptors (Lipinski definition) is 4. The lowest BCUT2D eigenvalue weighted by Gasteiger charge is -2.10. The summed E-state index contributed by atoms with van der Waals surface area (Å²) in [6, 6.07) is 5.95. The average molecular weight is 279 g/mol. The fourth-order valence-electron chi connectivity index (χ4n) is 1.68. The topological polar surface area (TPSA) is 39.7 Å². The van der Waals surface area contributed by atoms with Crippen molar-refractivity contribution in [1.82, 2.24) is 5.32 Å². The van der Waals surface area contributed by atoms with E-state index in [1.807, 2.05) is 18.2 Å². The third-order valence-electron chi connectivity index (χ3n) is 2.70. The molecule has 0 spiro atoms. The summed E-state index contributed by atoms with van der Waals surface area (Å²) < 4.78 is 15.9. The lowest BCUT2D eigenvalue weighted by atomic mass is 10.2. The predicted octanol–water partition coefficient (Wildman–Crippen LogP) is 2.73. The molecule has 1 aromatic rings. The van der Waals surface area contributed by atoms with Gasteiger partial charge in [-0.1, -0.05) is 25.1 Å². The summed E-state index contributed by atoms with van der Waals surface area (Å²) in [5.74, 6) is 1.57. The number of benzene rings is 1. The van der Waals surface area contributed by atoms with Crippen LogP contribution in [0.15, 0.2) is 24.3 Å². The lowest BCUT2D eigenvalue weighted by molar-refractivity contribution is 0.200. The number of ether oxygens (including phenoxy) is 3. The largest absolute Gasteiger partial charge is 0.493 e. The van der Waals surface area contributed by atoms with Gasteiger partial charge in [-0.05, 0) is 24.1 Å². The van der Waals surface area contributed by atoms with Crippen LogP contribution in [0.1, 0.15) is 18.9 Å². The monoisotopic (exact) mass is 279 g/mol. The third kappa shape index (κ3) is 6.08. The zero-order valence-corrected chi connectivity index (χ0v) is 12.6. The highest BCUT2D eigenvalue weighted by molar-refractivity contribution is 5.56. The third-order valence-corrected chi connectivity index (χ3v) is 2.70. The number of hydrogen-bond donors (Lipinski definition) is 1. The Hall–Kier alpha value is -1.52. The molecule has 0 heterocycles. The Bertz CT molecular complexity index is 405. The predicted molar refractivity (Wildman–Crippen MR) is 82.6 cm³/mol. The van der Waals surface area contributed by atoms with E-state index in [0.717, 1.165) is 43.2 Å².